The van der Waals surface area contributed by atoms with Crippen molar-refractivity contribution in [1.29, 1.82) is 0 Å². The molecule has 3 heterocycles. The number of aromatic nitrogens is 3. The highest BCUT2D eigenvalue weighted by molar-refractivity contribution is 6.29. The molecule has 2 aromatic rings. The number of aryl methyl sites for hydroxylation is 1. The normalized spacial score (nSPS) is 20.2. The average Bonchev–Trinajstić information content (AvgIpc) is 3.22. The summed E-state index contributed by atoms with van der Waals surface area (Å²) in [5.74, 6) is 2.38. The molecule has 0 spiro atoms. The summed E-state index contributed by atoms with van der Waals surface area (Å²) in [4.78, 5) is 19.1. The van der Waals surface area contributed by atoms with Crippen molar-refractivity contribution in [2.24, 2.45) is 5.92 Å². The lowest BCUT2D eigenvalue weighted by Crippen LogP contribution is -2.39. The second kappa shape index (κ2) is 8.39. The van der Waals surface area contributed by atoms with Gasteiger partial charge in [0.1, 0.15) is 12.4 Å². The molecular weight excluding hydrogens is 372 g/mol. The van der Waals surface area contributed by atoms with E-state index in [-0.39, 0.29) is 11.9 Å². The maximum Gasteiger partial charge on any atom is 0.252 e. The standard InChI is InChI=1S/C18H23ClN4O4/c19-15-9-13(26-21-15)6-7-17(24)23-8-2-1-3-14(23)18-20-16(27-22-18)11-25-10-12-4-5-12/h9,12,14H,1-8,10-11H2. The Hall–Kier alpha value is -1.93. The van der Waals surface area contributed by atoms with Gasteiger partial charge in [-0.05, 0) is 38.0 Å². The van der Waals surface area contributed by atoms with Crippen LogP contribution < -0.4 is 0 Å². The number of likely N-dealkylation sites (tertiary alicyclic amines) is 1. The third kappa shape index (κ3) is 4.87. The van der Waals surface area contributed by atoms with E-state index in [1.54, 1.807) is 6.07 Å². The number of rotatable bonds is 8. The Morgan fingerprint density at radius 2 is 2.15 bits per heavy atom. The van der Waals surface area contributed by atoms with Crippen LogP contribution in [0.4, 0.5) is 0 Å². The Labute approximate surface area is 162 Å². The summed E-state index contributed by atoms with van der Waals surface area (Å²) in [6.07, 6.45) is 6.14. The first kappa shape index (κ1) is 18.4. The third-order valence-electron chi connectivity index (χ3n) is 5.00. The summed E-state index contributed by atoms with van der Waals surface area (Å²) in [5, 5.41) is 8.04. The molecule has 2 aliphatic rings. The van der Waals surface area contributed by atoms with Gasteiger partial charge < -0.3 is 18.7 Å². The van der Waals surface area contributed by atoms with Crippen molar-refractivity contribution in [2.75, 3.05) is 13.2 Å². The van der Waals surface area contributed by atoms with Crippen LogP contribution in [0.5, 0.6) is 0 Å². The second-order valence-corrected chi connectivity index (χ2v) is 7.61. The van der Waals surface area contributed by atoms with Crippen LogP contribution in [0.2, 0.25) is 5.15 Å². The Bertz CT molecular complexity index is 773. The van der Waals surface area contributed by atoms with E-state index in [1.807, 2.05) is 4.90 Å². The van der Waals surface area contributed by atoms with E-state index in [1.165, 1.54) is 12.8 Å². The van der Waals surface area contributed by atoms with E-state index in [9.17, 15) is 4.79 Å². The molecule has 9 heteroatoms. The number of hydrogen-bond donors (Lipinski definition) is 0. The lowest BCUT2D eigenvalue weighted by atomic mass is 10.0. The summed E-state index contributed by atoms with van der Waals surface area (Å²) >= 11 is 5.75. The minimum absolute atomic E-state index is 0.0450. The van der Waals surface area contributed by atoms with Crippen molar-refractivity contribution in [1.82, 2.24) is 20.2 Å². The van der Waals surface area contributed by atoms with Crippen LogP contribution in [0.1, 0.15) is 62.0 Å². The summed E-state index contributed by atoms with van der Waals surface area (Å²) in [6.45, 7) is 1.77. The van der Waals surface area contributed by atoms with Gasteiger partial charge in [-0.15, -0.1) is 0 Å². The summed E-state index contributed by atoms with van der Waals surface area (Å²) < 4.78 is 16.0. The second-order valence-electron chi connectivity index (χ2n) is 7.22. The van der Waals surface area contributed by atoms with Crippen molar-refractivity contribution < 1.29 is 18.6 Å². The molecule has 1 aliphatic carbocycles. The Morgan fingerprint density at radius 1 is 1.26 bits per heavy atom. The largest absolute Gasteiger partial charge is 0.371 e. The van der Waals surface area contributed by atoms with E-state index in [2.05, 4.69) is 15.3 Å². The van der Waals surface area contributed by atoms with Crippen LogP contribution in [0.25, 0.3) is 0 Å². The molecule has 0 radical (unpaired) electrons. The molecule has 1 amide bonds. The molecule has 1 aliphatic heterocycles. The van der Waals surface area contributed by atoms with Gasteiger partial charge >= 0.3 is 0 Å². The van der Waals surface area contributed by atoms with Gasteiger partial charge in [-0.25, -0.2) is 0 Å². The first-order valence-electron chi connectivity index (χ1n) is 9.50. The number of amides is 1. The molecule has 0 bridgehead atoms. The number of ether oxygens (including phenoxy) is 1. The van der Waals surface area contributed by atoms with E-state index in [4.69, 9.17) is 25.4 Å². The zero-order valence-corrected chi connectivity index (χ0v) is 15.9. The van der Waals surface area contributed by atoms with E-state index in [0.717, 1.165) is 25.9 Å². The lowest BCUT2D eigenvalue weighted by molar-refractivity contribution is -0.135. The number of carbonyl (C=O) groups excluding carboxylic acids is 1. The van der Waals surface area contributed by atoms with Crippen molar-refractivity contribution in [3.05, 3.63) is 28.7 Å². The molecule has 8 nitrogen and oxygen atoms in total. The van der Waals surface area contributed by atoms with Gasteiger partial charge in [0.25, 0.3) is 5.89 Å². The number of nitrogens with zero attached hydrogens (tertiary/aromatic N) is 4. The van der Waals surface area contributed by atoms with Gasteiger partial charge in [0, 0.05) is 25.5 Å². The highest BCUT2D eigenvalue weighted by Gasteiger charge is 2.31. The van der Waals surface area contributed by atoms with Crippen molar-refractivity contribution in [3.63, 3.8) is 0 Å². The summed E-state index contributed by atoms with van der Waals surface area (Å²) in [6, 6.07) is 1.49. The Balaban J connectivity index is 1.34. The first-order valence-corrected chi connectivity index (χ1v) is 9.87. The van der Waals surface area contributed by atoms with E-state index < -0.39 is 0 Å². The van der Waals surface area contributed by atoms with Gasteiger partial charge in [0.05, 0.1) is 12.6 Å². The van der Waals surface area contributed by atoms with Crippen LogP contribution in [0, 0.1) is 5.92 Å². The summed E-state index contributed by atoms with van der Waals surface area (Å²) in [7, 11) is 0. The number of hydrogen-bond acceptors (Lipinski definition) is 7. The zero-order chi connectivity index (χ0) is 18.6. The molecule has 2 fully saturated rings. The van der Waals surface area contributed by atoms with Gasteiger partial charge in [-0.3, -0.25) is 4.79 Å². The Kier molecular flexibility index (Phi) is 5.73. The maximum atomic E-state index is 12.7. The molecule has 0 N–H and O–H groups in total. The van der Waals surface area contributed by atoms with E-state index >= 15 is 0 Å². The fourth-order valence-electron chi connectivity index (χ4n) is 3.34. The fourth-order valence-corrected chi connectivity index (χ4v) is 3.49. The highest BCUT2D eigenvalue weighted by Crippen LogP contribution is 2.31. The molecule has 2 aromatic heterocycles. The number of carbonyl (C=O) groups is 1. The minimum atomic E-state index is -0.148. The number of halogens is 1. The van der Waals surface area contributed by atoms with Crippen molar-refractivity contribution >= 4 is 17.5 Å². The molecular formula is C18H23ClN4O4. The van der Waals surface area contributed by atoms with Crippen molar-refractivity contribution in [3.8, 4) is 0 Å². The average molecular weight is 395 g/mol. The predicted molar refractivity (Wildman–Crippen MR) is 94.8 cm³/mol. The zero-order valence-electron chi connectivity index (χ0n) is 15.1. The van der Waals surface area contributed by atoms with Crippen LogP contribution >= 0.6 is 11.6 Å². The molecule has 1 saturated carbocycles. The van der Waals surface area contributed by atoms with Crippen LogP contribution in [0.3, 0.4) is 0 Å². The topological polar surface area (TPSA) is 94.5 Å². The lowest BCUT2D eigenvalue weighted by Gasteiger charge is -2.33. The smallest absolute Gasteiger partial charge is 0.252 e. The number of piperidine rings is 1. The quantitative estimate of drug-likeness (QED) is 0.677. The molecule has 1 saturated heterocycles. The molecule has 0 aromatic carbocycles. The predicted octanol–water partition coefficient (Wildman–Crippen LogP) is 3.32. The fraction of sp³-hybridized carbons (Fsp3) is 0.667. The summed E-state index contributed by atoms with van der Waals surface area (Å²) in [5.41, 5.74) is 0. The van der Waals surface area contributed by atoms with Crippen LogP contribution in [-0.4, -0.2) is 39.3 Å². The Morgan fingerprint density at radius 3 is 2.93 bits per heavy atom. The van der Waals surface area contributed by atoms with Gasteiger partial charge in [0.2, 0.25) is 5.91 Å². The maximum absolute atomic E-state index is 12.7. The van der Waals surface area contributed by atoms with Crippen LogP contribution in [0.15, 0.2) is 15.1 Å². The van der Waals surface area contributed by atoms with Gasteiger partial charge in [-0.1, -0.05) is 21.9 Å². The first-order chi connectivity index (χ1) is 13.2. The third-order valence-corrected chi connectivity index (χ3v) is 5.17. The molecule has 4 rings (SSSR count). The monoisotopic (exact) mass is 394 g/mol. The van der Waals surface area contributed by atoms with Gasteiger partial charge in [0.15, 0.2) is 11.0 Å². The molecule has 1 unspecified atom stereocenters. The van der Waals surface area contributed by atoms with E-state index in [0.29, 0.717) is 54.5 Å². The molecule has 146 valence electrons. The minimum Gasteiger partial charge on any atom is -0.371 e. The van der Waals surface area contributed by atoms with Crippen LogP contribution in [-0.2, 0) is 22.6 Å². The highest BCUT2D eigenvalue weighted by atomic mass is 35.5. The molecule has 1 atom stereocenters. The van der Waals surface area contributed by atoms with Crippen molar-refractivity contribution in [2.45, 2.75) is 57.6 Å². The molecule has 27 heavy (non-hydrogen) atoms. The van der Waals surface area contributed by atoms with Gasteiger partial charge in [-0.2, -0.15) is 4.98 Å². The SMILES string of the molecule is O=C(CCc1cc(Cl)no1)N1CCCCC1c1noc(COCC2CC2)n1.